The smallest absolute Gasteiger partial charge is 0.243 e. The SMILES string of the molecule is CC(C)(C)[C@H](N)C(=O)N1CCC[C@H]1C(=O)NC(C=O)CC1CCC1. The molecule has 0 aromatic rings. The molecule has 1 unspecified atom stereocenters. The van der Waals surface area contributed by atoms with Crippen LogP contribution in [0.25, 0.3) is 0 Å². The first-order valence-electron chi connectivity index (χ1n) is 9.05. The average molecular weight is 337 g/mol. The first-order valence-corrected chi connectivity index (χ1v) is 9.05. The lowest BCUT2D eigenvalue weighted by Crippen LogP contribution is -2.56. The third kappa shape index (κ3) is 4.35. The Labute approximate surface area is 144 Å². The van der Waals surface area contributed by atoms with Crippen molar-refractivity contribution in [1.29, 1.82) is 0 Å². The predicted octanol–water partition coefficient (Wildman–Crippen LogP) is 1.22. The Hall–Kier alpha value is -1.43. The lowest BCUT2D eigenvalue weighted by atomic mass is 9.81. The van der Waals surface area contributed by atoms with Gasteiger partial charge in [0.05, 0.1) is 12.1 Å². The highest BCUT2D eigenvalue weighted by Gasteiger charge is 2.40. The maximum Gasteiger partial charge on any atom is 0.243 e. The summed E-state index contributed by atoms with van der Waals surface area (Å²) in [5.74, 6) is 0.135. The summed E-state index contributed by atoms with van der Waals surface area (Å²) in [5, 5.41) is 2.83. The highest BCUT2D eigenvalue weighted by molar-refractivity contribution is 5.91. The second-order valence-corrected chi connectivity index (χ2v) is 8.32. The lowest BCUT2D eigenvalue weighted by molar-refractivity contribution is -0.141. The van der Waals surface area contributed by atoms with Crippen LogP contribution in [0.1, 0.15) is 59.3 Å². The van der Waals surface area contributed by atoms with Gasteiger partial charge in [-0.25, -0.2) is 0 Å². The van der Waals surface area contributed by atoms with Crippen molar-refractivity contribution in [1.82, 2.24) is 10.2 Å². The summed E-state index contributed by atoms with van der Waals surface area (Å²) in [7, 11) is 0. The molecule has 3 N–H and O–H groups in total. The number of carbonyl (C=O) groups excluding carboxylic acids is 3. The van der Waals surface area contributed by atoms with Gasteiger partial charge >= 0.3 is 0 Å². The Morgan fingerprint density at radius 3 is 2.42 bits per heavy atom. The normalized spacial score (nSPS) is 24.2. The van der Waals surface area contributed by atoms with Gasteiger partial charge in [-0.15, -0.1) is 0 Å². The number of likely N-dealkylation sites (tertiary alicyclic amines) is 1. The number of nitrogens with one attached hydrogen (secondary N) is 1. The third-order valence-corrected chi connectivity index (χ3v) is 5.34. The molecule has 1 heterocycles. The molecule has 136 valence electrons. The molecule has 1 saturated carbocycles. The molecule has 0 aromatic heterocycles. The van der Waals surface area contributed by atoms with Crippen LogP contribution >= 0.6 is 0 Å². The molecule has 6 heteroatoms. The molecule has 0 bridgehead atoms. The van der Waals surface area contributed by atoms with Gasteiger partial charge in [0, 0.05) is 6.54 Å². The Bertz CT molecular complexity index is 482. The molecule has 1 aliphatic carbocycles. The van der Waals surface area contributed by atoms with Gasteiger partial charge in [-0.05, 0) is 30.6 Å². The number of hydrogen-bond donors (Lipinski definition) is 2. The number of hydrogen-bond acceptors (Lipinski definition) is 4. The molecule has 1 aliphatic heterocycles. The third-order valence-electron chi connectivity index (χ3n) is 5.34. The number of carbonyl (C=O) groups is 3. The average Bonchev–Trinajstić information content (AvgIpc) is 2.96. The molecule has 6 nitrogen and oxygen atoms in total. The summed E-state index contributed by atoms with van der Waals surface area (Å²) < 4.78 is 0. The molecule has 2 fully saturated rings. The highest BCUT2D eigenvalue weighted by atomic mass is 16.2. The van der Waals surface area contributed by atoms with Gasteiger partial charge in [-0.3, -0.25) is 9.59 Å². The highest BCUT2D eigenvalue weighted by Crippen LogP contribution is 2.30. The fourth-order valence-electron chi connectivity index (χ4n) is 3.37. The van der Waals surface area contributed by atoms with E-state index in [0.717, 1.165) is 25.5 Å². The van der Waals surface area contributed by atoms with E-state index >= 15 is 0 Å². The minimum absolute atomic E-state index is 0.179. The van der Waals surface area contributed by atoms with E-state index in [0.29, 0.717) is 25.3 Å². The lowest BCUT2D eigenvalue weighted by Gasteiger charge is -2.33. The summed E-state index contributed by atoms with van der Waals surface area (Å²) in [6, 6.07) is -1.59. The molecule has 24 heavy (non-hydrogen) atoms. The van der Waals surface area contributed by atoms with E-state index in [1.807, 2.05) is 20.8 Å². The molecule has 2 amide bonds. The molecule has 2 aliphatic rings. The predicted molar refractivity (Wildman–Crippen MR) is 92.1 cm³/mol. The van der Waals surface area contributed by atoms with Crippen LogP contribution in [0, 0.1) is 11.3 Å². The van der Waals surface area contributed by atoms with Crippen molar-refractivity contribution in [3.63, 3.8) is 0 Å². The number of nitrogens with zero attached hydrogens (tertiary/aromatic N) is 1. The van der Waals surface area contributed by atoms with Gasteiger partial charge in [-0.2, -0.15) is 0 Å². The molecule has 1 saturated heterocycles. The molecular formula is C18H31N3O3. The summed E-state index contributed by atoms with van der Waals surface area (Å²) >= 11 is 0. The Kier molecular flexibility index (Phi) is 6.01. The second-order valence-electron chi connectivity index (χ2n) is 8.32. The first-order chi connectivity index (χ1) is 11.2. The Morgan fingerprint density at radius 2 is 1.92 bits per heavy atom. The Balaban J connectivity index is 1.96. The first kappa shape index (κ1) is 18.9. The van der Waals surface area contributed by atoms with Crippen LogP contribution in [0.4, 0.5) is 0 Å². The van der Waals surface area contributed by atoms with Crippen molar-refractivity contribution >= 4 is 18.1 Å². The van der Waals surface area contributed by atoms with E-state index in [-0.39, 0.29) is 17.2 Å². The van der Waals surface area contributed by atoms with Gasteiger partial charge in [0.15, 0.2) is 0 Å². The van der Waals surface area contributed by atoms with Crippen LogP contribution in [0.5, 0.6) is 0 Å². The molecular weight excluding hydrogens is 306 g/mol. The molecule has 3 atom stereocenters. The van der Waals surface area contributed by atoms with E-state index in [4.69, 9.17) is 5.73 Å². The summed E-state index contributed by atoms with van der Waals surface area (Å²) in [4.78, 5) is 38.1. The van der Waals surface area contributed by atoms with E-state index in [2.05, 4.69) is 5.32 Å². The van der Waals surface area contributed by atoms with Crippen LogP contribution in [0.3, 0.4) is 0 Å². The number of nitrogens with two attached hydrogens (primary N) is 1. The van der Waals surface area contributed by atoms with Crippen molar-refractivity contribution < 1.29 is 14.4 Å². The van der Waals surface area contributed by atoms with Crippen molar-refractivity contribution in [3.8, 4) is 0 Å². The van der Waals surface area contributed by atoms with E-state index in [9.17, 15) is 14.4 Å². The van der Waals surface area contributed by atoms with Crippen LogP contribution in [-0.2, 0) is 14.4 Å². The van der Waals surface area contributed by atoms with Crippen molar-refractivity contribution in [2.24, 2.45) is 17.1 Å². The largest absolute Gasteiger partial charge is 0.345 e. The van der Waals surface area contributed by atoms with Crippen molar-refractivity contribution in [3.05, 3.63) is 0 Å². The second kappa shape index (κ2) is 7.64. The van der Waals surface area contributed by atoms with Gasteiger partial charge in [0.2, 0.25) is 11.8 Å². The monoisotopic (exact) mass is 337 g/mol. The zero-order chi connectivity index (χ0) is 17.9. The van der Waals surface area contributed by atoms with E-state index < -0.39 is 18.1 Å². The zero-order valence-electron chi connectivity index (χ0n) is 15.1. The molecule has 0 radical (unpaired) electrons. The molecule has 0 spiro atoms. The number of amides is 2. The van der Waals surface area contributed by atoms with Gasteiger partial charge in [0.1, 0.15) is 12.3 Å². The maximum absolute atomic E-state index is 12.6. The van der Waals surface area contributed by atoms with Crippen LogP contribution < -0.4 is 11.1 Å². The van der Waals surface area contributed by atoms with E-state index in [1.165, 1.54) is 6.42 Å². The van der Waals surface area contributed by atoms with Crippen molar-refractivity contribution in [2.45, 2.75) is 77.4 Å². The fourth-order valence-corrected chi connectivity index (χ4v) is 3.37. The molecule has 0 aromatic carbocycles. The number of aldehydes is 1. The number of rotatable bonds is 6. The Morgan fingerprint density at radius 1 is 1.25 bits per heavy atom. The quantitative estimate of drug-likeness (QED) is 0.713. The van der Waals surface area contributed by atoms with Gasteiger partial charge in [-0.1, -0.05) is 40.0 Å². The van der Waals surface area contributed by atoms with Crippen LogP contribution in [0.2, 0.25) is 0 Å². The van der Waals surface area contributed by atoms with E-state index in [1.54, 1.807) is 4.90 Å². The fraction of sp³-hybridized carbons (Fsp3) is 0.833. The summed E-state index contributed by atoms with van der Waals surface area (Å²) in [6.45, 7) is 6.31. The van der Waals surface area contributed by atoms with Crippen molar-refractivity contribution in [2.75, 3.05) is 6.54 Å². The summed E-state index contributed by atoms with van der Waals surface area (Å²) in [6.07, 6.45) is 6.41. The van der Waals surface area contributed by atoms with Crippen LogP contribution in [0.15, 0.2) is 0 Å². The topological polar surface area (TPSA) is 92.5 Å². The van der Waals surface area contributed by atoms with Crippen LogP contribution in [-0.4, -0.2) is 47.7 Å². The maximum atomic E-state index is 12.6. The van der Waals surface area contributed by atoms with Gasteiger partial charge in [0.25, 0.3) is 0 Å². The summed E-state index contributed by atoms with van der Waals surface area (Å²) in [5.41, 5.74) is 5.73. The zero-order valence-corrected chi connectivity index (χ0v) is 15.1. The standard InChI is InChI=1S/C18H31N3O3/c1-18(2,3)15(19)17(24)21-9-5-8-14(21)16(23)20-13(11-22)10-12-6-4-7-12/h11-15H,4-10,19H2,1-3H3,(H,20,23)/t13?,14-,15+/m0/s1. The minimum atomic E-state index is -0.636. The molecule has 2 rings (SSSR count). The minimum Gasteiger partial charge on any atom is -0.345 e. The van der Waals surface area contributed by atoms with Gasteiger partial charge < -0.3 is 20.7 Å².